The first-order valence-corrected chi connectivity index (χ1v) is 9.69. The molecule has 4 rings (SSSR count). The van der Waals surface area contributed by atoms with E-state index in [-0.39, 0.29) is 11.8 Å². The van der Waals surface area contributed by atoms with Crippen LogP contribution in [0.1, 0.15) is 27.0 Å². The largest absolute Gasteiger partial charge is 0.493 e. The lowest BCUT2D eigenvalue weighted by Gasteiger charge is -2.07. The van der Waals surface area contributed by atoms with Gasteiger partial charge in [-0.15, -0.1) is 0 Å². The third-order valence-electron chi connectivity index (χ3n) is 4.76. The number of benzene rings is 2. The highest BCUT2D eigenvalue weighted by Gasteiger charge is 2.11. The van der Waals surface area contributed by atoms with Crippen LogP contribution in [0.5, 0.6) is 5.75 Å². The number of hydrogen-bond donors (Lipinski definition) is 2. The number of nitrogens with zero attached hydrogens (tertiary/aromatic N) is 1. The van der Waals surface area contributed by atoms with E-state index >= 15 is 0 Å². The molecule has 0 saturated heterocycles. The molecule has 1 aromatic heterocycles. The molecule has 2 aromatic carbocycles. The second-order valence-corrected chi connectivity index (χ2v) is 6.90. The van der Waals surface area contributed by atoms with Crippen LogP contribution in [0.3, 0.4) is 0 Å². The Morgan fingerprint density at radius 3 is 2.63 bits per heavy atom. The topological polar surface area (TPSA) is 80.3 Å². The molecule has 6 heteroatoms. The lowest BCUT2D eigenvalue weighted by Crippen LogP contribution is -2.22. The highest BCUT2D eigenvalue weighted by atomic mass is 16.5. The van der Waals surface area contributed by atoms with Gasteiger partial charge in [0.1, 0.15) is 5.75 Å². The first kappa shape index (κ1) is 19.4. The summed E-state index contributed by atoms with van der Waals surface area (Å²) in [6.07, 6.45) is 7.53. The van der Waals surface area contributed by atoms with Gasteiger partial charge in [0.05, 0.1) is 6.61 Å². The highest BCUT2D eigenvalue weighted by molar-refractivity contribution is 6.02. The van der Waals surface area contributed by atoms with Gasteiger partial charge in [-0.25, -0.2) is 0 Å². The molecule has 0 spiro atoms. The molecule has 0 aliphatic carbocycles. The van der Waals surface area contributed by atoms with Crippen LogP contribution >= 0.6 is 0 Å². The smallest absolute Gasteiger partial charge is 0.251 e. The maximum Gasteiger partial charge on any atom is 0.251 e. The van der Waals surface area contributed by atoms with E-state index in [1.807, 2.05) is 30.3 Å². The molecule has 0 radical (unpaired) electrons. The maximum absolute atomic E-state index is 12.3. The Morgan fingerprint density at radius 1 is 1.03 bits per heavy atom. The second-order valence-electron chi connectivity index (χ2n) is 6.90. The fraction of sp³-hybridized carbons (Fsp3) is 0.125. The Morgan fingerprint density at radius 2 is 1.83 bits per heavy atom. The van der Waals surface area contributed by atoms with Gasteiger partial charge in [0.25, 0.3) is 5.91 Å². The summed E-state index contributed by atoms with van der Waals surface area (Å²) in [7, 11) is 0. The van der Waals surface area contributed by atoms with Crippen molar-refractivity contribution in [1.82, 2.24) is 10.3 Å². The molecule has 150 valence electrons. The van der Waals surface area contributed by atoms with Crippen molar-refractivity contribution in [2.45, 2.75) is 13.0 Å². The number of amides is 2. The Labute approximate surface area is 174 Å². The summed E-state index contributed by atoms with van der Waals surface area (Å²) in [4.78, 5) is 28.4. The predicted octanol–water partition coefficient (Wildman–Crippen LogP) is 3.60. The minimum Gasteiger partial charge on any atom is -0.493 e. The predicted molar refractivity (Wildman–Crippen MR) is 115 cm³/mol. The first-order valence-electron chi connectivity index (χ1n) is 9.69. The van der Waals surface area contributed by atoms with E-state index in [1.54, 1.807) is 42.7 Å². The number of rotatable bonds is 6. The summed E-state index contributed by atoms with van der Waals surface area (Å²) >= 11 is 0. The SMILES string of the molecule is O=C(C=Cc1ccc2c(c1)CCO2)Nc1ccc(C(=O)NCc2ccncc2)cc1. The second kappa shape index (κ2) is 9.05. The van der Waals surface area contributed by atoms with Gasteiger partial charge in [0.15, 0.2) is 0 Å². The van der Waals surface area contributed by atoms with E-state index in [4.69, 9.17) is 4.74 Å². The number of aromatic nitrogens is 1. The summed E-state index contributed by atoms with van der Waals surface area (Å²) in [5.41, 5.74) is 4.24. The van der Waals surface area contributed by atoms with Gasteiger partial charge >= 0.3 is 0 Å². The molecule has 0 saturated carbocycles. The highest BCUT2D eigenvalue weighted by Crippen LogP contribution is 2.26. The van der Waals surface area contributed by atoms with Crippen molar-refractivity contribution in [3.05, 3.63) is 95.3 Å². The molecule has 0 bridgehead atoms. The van der Waals surface area contributed by atoms with Crippen molar-refractivity contribution in [3.8, 4) is 5.75 Å². The van der Waals surface area contributed by atoms with Gasteiger partial charge in [0.2, 0.25) is 5.91 Å². The van der Waals surface area contributed by atoms with Gasteiger partial charge in [-0.05, 0) is 71.3 Å². The van der Waals surface area contributed by atoms with Crippen LogP contribution < -0.4 is 15.4 Å². The third kappa shape index (κ3) is 4.91. The molecule has 6 nitrogen and oxygen atoms in total. The number of carbonyl (C=O) groups is 2. The minimum absolute atomic E-state index is 0.176. The van der Waals surface area contributed by atoms with E-state index in [2.05, 4.69) is 15.6 Å². The zero-order chi connectivity index (χ0) is 20.8. The molecule has 30 heavy (non-hydrogen) atoms. The van der Waals surface area contributed by atoms with Crippen LogP contribution in [0.2, 0.25) is 0 Å². The quantitative estimate of drug-likeness (QED) is 0.621. The minimum atomic E-state index is -0.235. The van der Waals surface area contributed by atoms with Crippen molar-refractivity contribution < 1.29 is 14.3 Å². The van der Waals surface area contributed by atoms with E-state index in [9.17, 15) is 9.59 Å². The van der Waals surface area contributed by atoms with Crippen LogP contribution in [0.25, 0.3) is 6.08 Å². The van der Waals surface area contributed by atoms with Crippen LogP contribution in [0, 0.1) is 0 Å². The zero-order valence-corrected chi connectivity index (χ0v) is 16.3. The Bertz CT molecular complexity index is 1080. The standard InChI is InChI=1S/C24H21N3O3/c28-23(8-2-17-1-7-22-20(15-17)11-14-30-22)27-21-5-3-19(4-6-21)24(29)26-16-18-9-12-25-13-10-18/h1-10,12-13,15H,11,14,16H2,(H,26,29)(H,27,28). The molecule has 3 aromatic rings. The van der Waals surface area contributed by atoms with Crippen molar-refractivity contribution in [2.75, 3.05) is 11.9 Å². The molecular weight excluding hydrogens is 378 g/mol. The van der Waals surface area contributed by atoms with Crippen molar-refractivity contribution >= 4 is 23.6 Å². The number of hydrogen-bond acceptors (Lipinski definition) is 4. The molecule has 0 fully saturated rings. The fourth-order valence-electron chi connectivity index (χ4n) is 3.16. The van der Waals surface area contributed by atoms with Crippen molar-refractivity contribution in [3.63, 3.8) is 0 Å². The third-order valence-corrected chi connectivity index (χ3v) is 4.76. The lowest BCUT2D eigenvalue weighted by molar-refractivity contribution is -0.111. The first-order chi connectivity index (χ1) is 14.7. The summed E-state index contributed by atoms with van der Waals surface area (Å²) in [5.74, 6) is 0.508. The van der Waals surface area contributed by atoms with E-state index in [1.165, 1.54) is 6.08 Å². The average Bonchev–Trinajstić information content (AvgIpc) is 3.25. The average molecular weight is 399 g/mol. The van der Waals surface area contributed by atoms with Crippen LogP contribution in [0.4, 0.5) is 5.69 Å². The molecular formula is C24H21N3O3. The molecule has 2 N–H and O–H groups in total. The van der Waals surface area contributed by atoms with Crippen molar-refractivity contribution in [1.29, 1.82) is 0 Å². The maximum atomic E-state index is 12.3. The van der Waals surface area contributed by atoms with Crippen LogP contribution in [-0.4, -0.2) is 23.4 Å². The van der Waals surface area contributed by atoms with Crippen LogP contribution in [-0.2, 0) is 17.8 Å². The summed E-state index contributed by atoms with van der Waals surface area (Å²) in [5, 5.41) is 5.66. The normalized spacial score (nSPS) is 12.3. The number of fused-ring (bicyclic) bond motifs is 1. The van der Waals surface area contributed by atoms with Gasteiger partial charge in [0, 0.05) is 42.7 Å². The number of pyridine rings is 1. The molecule has 0 unspecified atom stereocenters. The Hall–Kier alpha value is -3.93. The van der Waals surface area contributed by atoms with Gasteiger partial charge in [-0.2, -0.15) is 0 Å². The van der Waals surface area contributed by atoms with E-state index in [0.717, 1.165) is 28.9 Å². The van der Waals surface area contributed by atoms with E-state index in [0.29, 0.717) is 24.4 Å². The summed E-state index contributed by atoms with van der Waals surface area (Å²) in [6.45, 7) is 1.14. The molecule has 0 atom stereocenters. The number of nitrogens with one attached hydrogen (secondary N) is 2. The molecule has 1 aliphatic rings. The number of carbonyl (C=O) groups excluding carboxylic acids is 2. The summed E-state index contributed by atoms with van der Waals surface area (Å²) in [6, 6.07) is 16.4. The van der Waals surface area contributed by atoms with Gasteiger partial charge in [-0.1, -0.05) is 6.07 Å². The zero-order valence-electron chi connectivity index (χ0n) is 16.3. The number of anilines is 1. The molecule has 2 heterocycles. The Kier molecular flexibility index (Phi) is 5.85. The fourth-order valence-corrected chi connectivity index (χ4v) is 3.16. The number of ether oxygens (including phenoxy) is 1. The Balaban J connectivity index is 1.30. The monoisotopic (exact) mass is 399 g/mol. The molecule has 2 amide bonds. The molecule has 1 aliphatic heterocycles. The van der Waals surface area contributed by atoms with Crippen molar-refractivity contribution in [2.24, 2.45) is 0 Å². The van der Waals surface area contributed by atoms with E-state index < -0.39 is 0 Å². The van der Waals surface area contributed by atoms with Crippen LogP contribution in [0.15, 0.2) is 73.1 Å². The van der Waals surface area contributed by atoms with Gasteiger partial charge in [-0.3, -0.25) is 14.6 Å². The summed E-state index contributed by atoms with van der Waals surface area (Å²) < 4.78 is 5.49. The lowest BCUT2D eigenvalue weighted by atomic mass is 10.1. The van der Waals surface area contributed by atoms with Gasteiger partial charge < -0.3 is 15.4 Å².